The van der Waals surface area contributed by atoms with E-state index >= 15 is 0 Å². The summed E-state index contributed by atoms with van der Waals surface area (Å²) in [7, 11) is 4.07. The first-order valence-corrected chi connectivity index (χ1v) is 6.72. The quantitative estimate of drug-likeness (QED) is 0.798. The fourth-order valence-corrected chi connectivity index (χ4v) is 2.32. The lowest BCUT2D eigenvalue weighted by molar-refractivity contribution is 0.391. The van der Waals surface area contributed by atoms with E-state index in [2.05, 4.69) is 37.0 Å². The van der Waals surface area contributed by atoms with E-state index in [1.807, 2.05) is 14.1 Å². The standard InChI is InChI=1S/C12H23N7/c1-9(8-18(2)3)14-11-15-10(13)16-12(17-11)19-6-4-5-7-19/h9H,4-8H2,1-3H3,(H3,13,14,15,16,17). The van der Waals surface area contributed by atoms with Crippen LogP contribution in [0.2, 0.25) is 0 Å². The highest BCUT2D eigenvalue weighted by Crippen LogP contribution is 2.17. The Morgan fingerprint density at radius 3 is 2.58 bits per heavy atom. The Balaban J connectivity index is 2.07. The summed E-state index contributed by atoms with van der Waals surface area (Å²) >= 11 is 0. The molecule has 0 saturated carbocycles. The van der Waals surface area contributed by atoms with Gasteiger partial charge in [0.05, 0.1) is 0 Å². The van der Waals surface area contributed by atoms with Crippen molar-refractivity contribution in [3.05, 3.63) is 0 Å². The molecule has 1 atom stereocenters. The zero-order valence-corrected chi connectivity index (χ0v) is 11.9. The van der Waals surface area contributed by atoms with Gasteiger partial charge in [0.25, 0.3) is 0 Å². The molecule has 0 aliphatic carbocycles. The third kappa shape index (κ3) is 3.92. The van der Waals surface area contributed by atoms with Gasteiger partial charge in [-0.3, -0.25) is 0 Å². The lowest BCUT2D eigenvalue weighted by atomic mass is 10.3. The number of nitrogens with two attached hydrogens (primary N) is 1. The van der Waals surface area contributed by atoms with Gasteiger partial charge in [0, 0.05) is 25.7 Å². The minimum absolute atomic E-state index is 0.253. The Hall–Kier alpha value is -1.63. The molecule has 1 saturated heterocycles. The van der Waals surface area contributed by atoms with Gasteiger partial charge in [-0.15, -0.1) is 0 Å². The molecule has 1 fully saturated rings. The van der Waals surface area contributed by atoms with Crippen molar-refractivity contribution in [3.63, 3.8) is 0 Å². The Labute approximate surface area is 114 Å². The van der Waals surface area contributed by atoms with Crippen LogP contribution in [-0.2, 0) is 0 Å². The molecule has 2 heterocycles. The lowest BCUT2D eigenvalue weighted by Crippen LogP contribution is -2.31. The van der Waals surface area contributed by atoms with Crippen molar-refractivity contribution in [2.45, 2.75) is 25.8 Å². The maximum absolute atomic E-state index is 5.76. The van der Waals surface area contributed by atoms with Crippen molar-refractivity contribution in [2.75, 3.05) is 49.7 Å². The molecule has 1 aromatic rings. The van der Waals surface area contributed by atoms with Crippen LogP contribution in [0.3, 0.4) is 0 Å². The number of rotatable bonds is 5. The Morgan fingerprint density at radius 2 is 1.95 bits per heavy atom. The summed E-state index contributed by atoms with van der Waals surface area (Å²) in [4.78, 5) is 17.1. The summed E-state index contributed by atoms with van der Waals surface area (Å²) < 4.78 is 0. The second-order valence-corrected chi connectivity index (χ2v) is 5.32. The van der Waals surface area contributed by atoms with Gasteiger partial charge in [-0.05, 0) is 33.9 Å². The van der Waals surface area contributed by atoms with E-state index in [-0.39, 0.29) is 12.0 Å². The largest absolute Gasteiger partial charge is 0.368 e. The van der Waals surface area contributed by atoms with E-state index in [0.29, 0.717) is 11.9 Å². The molecule has 3 N–H and O–H groups in total. The van der Waals surface area contributed by atoms with E-state index in [4.69, 9.17) is 5.73 Å². The number of hydrogen-bond acceptors (Lipinski definition) is 7. The number of aromatic nitrogens is 3. The first-order chi connectivity index (χ1) is 9.04. The molecule has 1 aliphatic rings. The summed E-state index contributed by atoms with van der Waals surface area (Å²) in [5.74, 6) is 1.52. The molecule has 1 aromatic heterocycles. The average molecular weight is 265 g/mol. The van der Waals surface area contributed by atoms with Crippen LogP contribution in [-0.4, -0.2) is 59.6 Å². The maximum Gasteiger partial charge on any atom is 0.231 e. The second kappa shape index (κ2) is 6.01. The molecule has 0 spiro atoms. The molecule has 1 unspecified atom stereocenters. The van der Waals surface area contributed by atoms with E-state index < -0.39 is 0 Å². The highest BCUT2D eigenvalue weighted by atomic mass is 15.3. The van der Waals surface area contributed by atoms with Crippen LogP contribution in [0.4, 0.5) is 17.8 Å². The Morgan fingerprint density at radius 1 is 1.26 bits per heavy atom. The van der Waals surface area contributed by atoms with Crippen molar-refractivity contribution in [1.82, 2.24) is 19.9 Å². The number of likely N-dealkylation sites (N-methyl/N-ethyl adjacent to an activating group) is 1. The third-order valence-electron chi connectivity index (χ3n) is 3.04. The van der Waals surface area contributed by atoms with Gasteiger partial charge >= 0.3 is 0 Å². The minimum atomic E-state index is 0.253. The van der Waals surface area contributed by atoms with Gasteiger partial charge in [0.1, 0.15) is 0 Å². The Kier molecular flexibility index (Phi) is 4.36. The van der Waals surface area contributed by atoms with Crippen molar-refractivity contribution in [3.8, 4) is 0 Å². The number of nitrogen functional groups attached to an aromatic ring is 1. The molecule has 0 aromatic carbocycles. The fourth-order valence-electron chi connectivity index (χ4n) is 2.32. The number of anilines is 3. The molecule has 0 bridgehead atoms. The van der Waals surface area contributed by atoms with Gasteiger partial charge in [-0.25, -0.2) is 0 Å². The number of nitrogens with one attached hydrogen (secondary N) is 1. The van der Waals surface area contributed by atoms with Gasteiger partial charge in [0.2, 0.25) is 17.8 Å². The topological polar surface area (TPSA) is 83.2 Å². The molecule has 106 valence electrons. The highest BCUT2D eigenvalue weighted by Gasteiger charge is 2.17. The van der Waals surface area contributed by atoms with Crippen molar-refractivity contribution in [1.29, 1.82) is 0 Å². The van der Waals surface area contributed by atoms with Crippen molar-refractivity contribution >= 4 is 17.8 Å². The normalized spacial score (nSPS) is 16.9. The smallest absolute Gasteiger partial charge is 0.231 e. The zero-order chi connectivity index (χ0) is 13.8. The summed E-state index contributed by atoms with van der Waals surface area (Å²) in [5, 5.41) is 3.27. The van der Waals surface area contributed by atoms with Crippen LogP contribution >= 0.6 is 0 Å². The molecule has 0 amide bonds. The van der Waals surface area contributed by atoms with Crippen LogP contribution in [0, 0.1) is 0 Å². The van der Waals surface area contributed by atoms with Gasteiger partial charge in [-0.2, -0.15) is 15.0 Å². The number of hydrogen-bond donors (Lipinski definition) is 2. The van der Waals surface area contributed by atoms with E-state index in [0.717, 1.165) is 19.6 Å². The van der Waals surface area contributed by atoms with E-state index in [1.165, 1.54) is 12.8 Å². The van der Waals surface area contributed by atoms with Crippen molar-refractivity contribution < 1.29 is 0 Å². The van der Waals surface area contributed by atoms with E-state index in [9.17, 15) is 0 Å². The SMILES string of the molecule is CC(CN(C)C)Nc1nc(N)nc(N2CCCC2)n1. The average Bonchev–Trinajstić information content (AvgIpc) is 2.79. The fraction of sp³-hybridized carbons (Fsp3) is 0.750. The molecule has 0 radical (unpaired) electrons. The molecule has 7 nitrogen and oxygen atoms in total. The van der Waals surface area contributed by atoms with Gasteiger partial charge < -0.3 is 20.9 Å². The monoisotopic (exact) mass is 265 g/mol. The molecule has 2 rings (SSSR count). The van der Waals surface area contributed by atoms with Crippen LogP contribution in [0.5, 0.6) is 0 Å². The summed E-state index contributed by atoms with van der Waals surface area (Å²) in [6.45, 7) is 4.99. The van der Waals surface area contributed by atoms with Gasteiger partial charge in [-0.1, -0.05) is 0 Å². The summed E-state index contributed by atoms with van der Waals surface area (Å²) in [5.41, 5.74) is 5.76. The first-order valence-electron chi connectivity index (χ1n) is 6.72. The van der Waals surface area contributed by atoms with Crippen LogP contribution in [0.25, 0.3) is 0 Å². The molecular weight excluding hydrogens is 242 g/mol. The molecule has 7 heteroatoms. The third-order valence-corrected chi connectivity index (χ3v) is 3.04. The van der Waals surface area contributed by atoms with Crippen LogP contribution < -0.4 is 16.0 Å². The zero-order valence-electron chi connectivity index (χ0n) is 11.9. The van der Waals surface area contributed by atoms with E-state index in [1.54, 1.807) is 0 Å². The van der Waals surface area contributed by atoms with Crippen LogP contribution in [0.1, 0.15) is 19.8 Å². The summed E-state index contributed by atoms with van der Waals surface area (Å²) in [6.07, 6.45) is 2.37. The van der Waals surface area contributed by atoms with Gasteiger partial charge in [0.15, 0.2) is 0 Å². The predicted molar refractivity (Wildman–Crippen MR) is 77.3 cm³/mol. The Bertz CT molecular complexity index is 415. The second-order valence-electron chi connectivity index (χ2n) is 5.32. The highest BCUT2D eigenvalue weighted by molar-refractivity contribution is 5.42. The minimum Gasteiger partial charge on any atom is -0.368 e. The van der Waals surface area contributed by atoms with Crippen LogP contribution in [0.15, 0.2) is 0 Å². The maximum atomic E-state index is 5.76. The lowest BCUT2D eigenvalue weighted by Gasteiger charge is -2.20. The first kappa shape index (κ1) is 13.8. The predicted octanol–water partition coefficient (Wildman–Crippen LogP) is 0.416. The molecular formula is C12H23N7. The number of nitrogens with zero attached hydrogens (tertiary/aromatic N) is 5. The molecule has 19 heavy (non-hydrogen) atoms. The molecule has 1 aliphatic heterocycles. The van der Waals surface area contributed by atoms with Crippen molar-refractivity contribution in [2.24, 2.45) is 0 Å². The summed E-state index contributed by atoms with van der Waals surface area (Å²) in [6, 6.07) is 0.253.